The molecule has 90 valence electrons. The zero-order valence-electron chi connectivity index (χ0n) is 9.79. The summed E-state index contributed by atoms with van der Waals surface area (Å²) in [6.07, 6.45) is 3.48. The fraction of sp³-hybridized carbons (Fsp3) is 0.909. The number of carbonyl (C=O) groups excluding carboxylic acids is 1. The summed E-state index contributed by atoms with van der Waals surface area (Å²) >= 11 is 1.68. The molecule has 3 nitrogen and oxygen atoms in total. The van der Waals surface area contributed by atoms with Crippen LogP contribution in [-0.4, -0.2) is 35.2 Å². The van der Waals surface area contributed by atoms with Crippen LogP contribution < -0.4 is 5.32 Å². The van der Waals surface area contributed by atoms with E-state index in [0.29, 0.717) is 18.7 Å². The summed E-state index contributed by atoms with van der Waals surface area (Å²) in [6.45, 7) is 4.67. The minimum atomic E-state index is -0.280. The maximum absolute atomic E-state index is 11.3. The van der Waals surface area contributed by atoms with E-state index in [1.165, 1.54) is 12.8 Å². The number of rotatable bonds is 9. The van der Waals surface area contributed by atoms with E-state index in [4.69, 9.17) is 0 Å². The monoisotopic (exact) mass is 233 g/mol. The van der Waals surface area contributed by atoms with Gasteiger partial charge in [-0.1, -0.05) is 20.3 Å². The molecule has 0 fully saturated rings. The van der Waals surface area contributed by atoms with Crippen molar-refractivity contribution in [1.82, 2.24) is 5.32 Å². The maximum Gasteiger partial charge on any atom is 0.229 e. The largest absolute Gasteiger partial charge is 0.393 e. The summed E-state index contributed by atoms with van der Waals surface area (Å²) in [6, 6.07) is 0. The Balaban J connectivity index is 3.26. The molecule has 0 rings (SSSR count). The van der Waals surface area contributed by atoms with E-state index < -0.39 is 0 Å². The lowest BCUT2D eigenvalue weighted by Crippen LogP contribution is -2.28. The van der Waals surface area contributed by atoms with E-state index >= 15 is 0 Å². The molecule has 4 heteroatoms. The Morgan fingerprint density at radius 2 is 2.20 bits per heavy atom. The van der Waals surface area contributed by atoms with E-state index in [1.807, 2.05) is 6.92 Å². The van der Waals surface area contributed by atoms with Gasteiger partial charge in [0.2, 0.25) is 5.91 Å². The minimum absolute atomic E-state index is 0.0828. The second-order valence-electron chi connectivity index (χ2n) is 3.61. The van der Waals surface area contributed by atoms with E-state index in [9.17, 15) is 9.90 Å². The number of aliphatic hydroxyl groups excluding tert-OH is 1. The van der Waals surface area contributed by atoms with Gasteiger partial charge in [-0.25, -0.2) is 0 Å². The molecule has 0 bridgehead atoms. The van der Waals surface area contributed by atoms with Crippen molar-refractivity contribution in [1.29, 1.82) is 0 Å². The molecule has 0 aromatic heterocycles. The van der Waals surface area contributed by atoms with Crippen LogP contribution in [0.2, 0.25) is 0 Å². The Kier molecular flexibility index (Phi) is 10.2. The van der Waals surface area contributed by atoms with Gasteiger partial charge in [0.05, 0.1) is 11.9 Å². The van der Waals surface area contributed by atoms with Gasteiger partial charge in [-0.15, -0.1) is 0 Å². The molecule has 0 spiro atoms. The third-order valence-corrected chi connectivity index (χ3v) is 3.19. The zero-order valence-corrected chi connectivity index (χ0v) is 10.6. The predicted molar refractivity (Wildman–Crippen MR) is 66.2 cm³/mol. The van der Waals surface area contributed by atoms with Gasteiger partial charge < -0.3 is 10.4 Å². The smallest absolute Gasteiger partial charge is 0.229 e. The van der Waals surface area contributed by atoms with Gasteiger partial charge >= 0.3 is 0 Å². The molecule has 1 unspecified atom stereocenters. The quantitative estimate of drug-likeness (QED) is 0.597. The van der Waals surface area contributed by atoms with Crippen LogP contribution in [-0.2, 0) is 4.79 Å². The van der Waals surface area contributed by atoms with Gasteiger partial charge in [0, 0.05) is 6.54 Å². The maximum atomic E-state index is 11.3. The number of aliphatic hydroxyl groups is 1. The summed E-state index contributed by atoms with van der Waals surface area (Å²) in [5.74, 6) is 1.68. The average Bonchev–Trinajstić information content (AvgIpc) is 2.24. The lowest BCUT2D eigenvalue weighted by atomic mass is 10.2. The molecule has 0 saturated heterocycles. The fourth-order valence-corrected chi connectivity index (χ4v) is 1.97. The highest BCUT2D eigenvalue weighted by molar-refractivity contribution is 7.99. The van der Waals surface area contributed by atoms with Crippen LogP contribution in [0, 0.1) is 0 Å². The van der Waals surface area contributed by atoms with Crippen LogP contribution in [0.5, 0.6) is 0 Å². The molecule has 1 amide bonds. The van der Waals surface area contributed by atoms with Crippen LogP contribution in [0.1, 0.15) is 39.5 Å². The van der Waals surface area contributed by atoms with Crippen LogP contribution in [0.15, 0.2) is 0 Å². The SMILES string of the molecule is CCCCSCC(=O)NCCC(O)CC. The number of amides is 1. The lowest BCUT2D eigenvalue weighted by molar-refractivity contribution is -0.118. The minimum Gasteiger partial charge on any atom is -0.393 e. The van der Waals surface area contributed by atoms with Crippen LogP contribution in [0.3, 0.4) is 0 Å². The Hall–Kier alpha value is -0.220. The highest BCUT2D eigenvalue weighted by Gasteiger charge is 2.03. The standard InChI is InChI=1S/C11H23NO2S/c1-3-5-8-15-9-11(14)12-7-6-10(13)4-2/h10,13H,3-9H2,1-2H3,(H,12,14). The summed E-state index contributed by atoms with van der Waals surface area (Å²) in [5, 5.41) is 12.1. The number of hydrogen-bond donors (Lipinski definition) is 2. The van der Waals surface area contributed by atoms with Gasteiger partial charge in [-0.2, -0.15) is 11.8 Å². The normalized spacial score (nSPS) is 12.5. The number of hydrogen-bond acceptors (Lipinski definition) is 3. The Labute approximate surface area is 97.0 Å². The third-order valence-electron chi connectivity index (χ3n) is 2.15. The first kappa shape index (κ1) is 14.8. The molecule has 15 heavy (non-hydrogen) atoms. The Morgan fingerprint density at radius 3 is 2.80 bits per heavy atom. The molecule has 1 atom stereocenters. The molecule has 0 aliphatic rings. The van der Waals surface area contributed by atoms with Gasteiger partial charge in [0.25, 0.3) is 0 Å². The van der Waals surface area contributed by atoms with Crippen LogP contribution in [0.25, 0.3) is 0 Å². The molecule has 0 saturated carbocycles. The fourth-order valence-electron chi connectivity index (χ4n) is 1.04. The van der Waals surface area contributed by atoms with E-state index in [0.717, 1.165) is 12.2 Å². The summed E-state index contributed by atoms with van der Waals surface area (Å²) < 4.78 is 0. The van der Waals surface area contributed by atoms with Crippen LogP contribution >= 0.6 is 11.8 Å². The lowest BCUT2D eigenvalue weighted by Gasteiger charge is -2.08. The first-order valence-corrected chi connectivity index (χ1v) is 6.88. The predicted octanol–water partition coefficient (Wildman–Crippen LogP) is 1.80. The first-order valence-electron chi connectivity index (χ1n) is 5.73. The topological polar surface area (TPSA) is 49.3 Å². The molecule has 0 aliphatic carbocycles. The zero-order chi connectivity index (χ0) is 11.5. The van der Waals surface area contributed by atoms with Crippen LogP contribution in [0.4, 0.5) is 0 Å². The molecule has 0 radical (unpaired) electrons. The summed E-state index contributed by atoms with van der Waals surface area (Å²) in [5.41, 5.74) is 0. The number of unbranched alkanes of at least 4 members (excludes halogenated alkanes) is 1. The number of nitrogens with one attached hydrogen (secondary N) is 1. The van der Waals surface area contributed by atoms with Gasteiger partial charge in [-0.05, 0) is 25.0 Å². The van der Waals surface area contributed by atoms with E-state index in [1.54, 1.807) is 11.8 Å². The number of thioether (sulfide) groups is 1. The van der Waals surface area contributed by atoms with Gasteiger partial charge in [-0.3, -0.25) is 4.79 Å². The highest BCUT2D eigenvalue weighted by atomic mass is 32.2. The van der Waals surface area contributed by atoms with Crippen molar-refractivity contribution in [3.8, 4) is 0 Å². The van der Waals surface area contributed by atoms with Crippen molar-refractivity contribution in [2.24, 2.45) is 0 Å². The molecule has 0 aromatic rings. The Morgan fingerprint density at radius 1 is 1.47 bits per heavy atom. The van der Waals surface area contributed by atoms with Crippen molar-refractivity contribution in [2.75, 3.05) is 18.1 Å². The van der Waals surface area contributed by atoms with Crippen molar-refractivity contribution in [3.05, 3.63) is 0 Å². The van der Waals surface area contributed by atoms with Crippen molar-refractivity contribution in [2.45, 2.75) is 45.6 Å². The summed E-state index contributed by atoms with van der Waals surface area (Å²) in [4.78, 5) is 11.3. The van der Waals surface area contributed by atoms with E-state index in [2.05, 4.69) is 12.2 Å². The first-order chi connectivity index (χ1) is 7.20. The third kappa shape index (κ3) is 10.1. The highest BCUT2D eigenvalue weighted by Crippen LogP contribution is 2.03. The molecule has 0 aliphatic heterocycles. The molecular weight excluding hydrogens is 210 g/mol. The molecule has 2 N–H and O–H groups in total. The summed E-state index contributed by atoms with van der Waals surface area (Å²) in [7, 11) is 0. The Bertz CT molecular complexity index is 165. The second kappa shape index (κ2) is 10.3. The van der Waals surface area contributed by atoms with Crippen molar-refractivity contribution >= 4 is 17.7 Å². The average molecular weight is 233 g/mol. The second-order valence-corrected chi connectivity index (χ2v) is 4.71. The van der Waals surface area contributed by atoms with Gasteiger partial charge in [0.15, 0.2) is 0 Å². The van der Waals surface area contributed by atoms with Crippen molar-refractivity contribution < 1.29 is 9.90 Å². The number of carbonyl (C=O) groups is 1. The molecule has 0 aromatic carbocycles. The van der Waals surface area contributed by atoms with Gasteiger partial charge in [0.1, 0.15) is 0 Å². The molecular formula is C11H23NO2S. The van der Waals surface area contributed by atoms with E-state index in [-0.39, 0.29) is 12.0 Å². The van der Waals surface area contributed by atoms with Crippen molar-refractivity contribution in [3.63, 3.8) is 0 Å². The molecule has 0 heterocycles.